The minimum atomic E-state index is -3.46. The molecule has 2 N–H and O–H groups in total. The van der Waals surface area contributed by atoms with Gasteiger partial charge in [0.15, 0.2) is 0 Å². The van der Waals surface area contributed by atoms with Gasteiger partial charge in [0.25, 0.3) is 0 Å². The predicted molar refractivity (Wildman–Crippen MR) is 77.6 cm³/mol. The van der Waals surface area contributed by atoms with E-state index in [4.69, 9.17) is 5.73 Å². The van der Waals surface area contributed by atoms with Crippen LogP contribution >= 0.6 is 0 Å². The smallest absolute Gasteiger partial charge is 0.217 e. The lowest BCUT2D eigenvalue weighted by Gasteiger charge is -2.40. The molecule has 118 valence electrons. The molecule has 0 bridgehead atoms. The first kappa shape index (κ1) is 16.2. The van der Waals surface area contributed by atoms with Gasteiger partial charge in [0.05, 0.1) is 16.8 Å². The molecule has 1 atom stereocenters. The molecule has 0 radical (unpaired) electrons. The second-order valence-electron chi connectivity index (χ2n) is 5.66. The van der Waals surface area contributed by atoms with Crippen molar-refractivity contribution in [2.24, 2.45) is 5.73 Å². The Morgan fingerprint density at radius 3 is 2.35 bits per heavy atom. The van der Waals surface area contributed by atoms with Crippen LogP contribution in [0.25, 0.3) is 0 Å². The molecule has 0 aromatic carbocycles. The molecule has 2 saturated heterocycles. The van der Waals surface area contributed by atoms with E-state index in [0.29, 0.717) is 19.6 Å². The Labute approximate surface area is 121 Å². The number of sulfone groups is 1. The molecule has 2 aliphatic rings. The Morgan fingerprint density at radius 1 is 1.20 bits per heavy atom. The zero-order valence-electron chi connectivity index (χ0n) is 11.7. The lowest BCUT2D eigenvalue weighted by molar-refractivity contribution is 0.162. The summed E-state index contributed by atoms with van der Waals surface area (Å²) in [5, 5.41) is -0.580. The van der Waals surface area contributed by atoms with E-state index in [-0.39, 0.29) is 36.9 Å². The van der Waals surface area contributed by atoms with Crippen molar-refractivity contribution in [1.29, 1.82) is 0 Å². The van der Waals surface area contributed by atoms with Crippen LogP contribution in [0.5, 0.6) is 0 Å². The van der Waals surface area contributed by atoms with E-state index in [9.17, 15) is 16.8 Å². The van der Waals surface area contributed by atoms with Crippen molar-refractivity contribution in [3.8, 4) is 0 Å². The molecule has 0 amide bonds. The van der Waals surface area contributed by atoms with Gasteiger partial charge in [-0.15, -0.1) is 0 Å². The molecule has 2 aliphatic heterocycles. The average Bonchev–Trinajstić information content (AvgIpc) is 2.37. The third-order valence-electron chi connectivity index (χ3n) is 4.15. The van der Waals surface area contributed by atoms with Crippen molar-refractivity contribution in [1.82, 2.24) is 9.21 Å². The summed E-state index contributed by atoms with van der Waals surface area (Å²) in [6.07, 6.45) is 0.405. The Bertz CT molecular complexity index is 532. The first-order valence-corrected chi connectivity index (χ1v) is 10.2. The maximum atomic E-state index is 12.7. The molecule has 2 heterocycles. The van der Waals surface area contributed by atoms with Gasteiger partial charge in [0.1, 0.15) is 9.84 Å². The zero-order chi connectivity index (χ0) is 15.0. The van der Waals surface area contributed by atoms with Gasteiger partial charge in [-0.05, 0) is 19.9 Å². The van der Waals surface area contributed by atoms with Crippen molar-refractivity contribution < 1.29 is 16.8 Å². The van der Waals surface area contributed by atoms with Crippen LogP contribution in [0, 0.1) is 0 Å². The number of likely N-dealkylation sites (N-methyl/N-ethyl adjacent to an activating group) is 1. The number of piperazine rings is 1. The number of sulfonamides is 1. The number of nitrogens with zero attached hydrogens (tertiary/aromatic N) is 2. The fourth-order valence-electron chi connectivity index (χ4n) is 2.88. The zero-order valence-corrected chi connectivity index (χ0v) is 13.4. The van der Waals surface area contributed by atoms with Crippen LogP contribution < -0.4 is 5.73 Å². The minimum absolute atomic E-state index is 0.0298. The highest BCUT2D eigenvalue weighted by Crippen LogP contribution is 2.25. The van der Waals surface area contributed by atoms with E-state index in [1.54, 1.807) is 0 Å². The van der Waals surface area contributed by atoms with Crippen molar-refractivity contribution in [3.63, 3.8) is 0 Å². The standard InChI is InChI=1S/C11H23N3O4S2/c1-13-4-5-14(10(8-12)9-13)20(17,18)11-2-6-19(15,16)7-3-11/h10-11H,2-9,12H2,1H3. The van der Waals surface area contributed by atoms with Crippen molar-refractivity contribution in [2.75, 3.05) is 44.7 Å². The Morgan fingerprint density at radius 2 is 1.80 bits per heavy atom. The van der Waals surface area contributed by atoms with Crippen LogP contribution in [0.1, 0.15) is 12.8 Å². The molecule has 20 heavy (non-hydrogen) atoms. The maximum absolute atomic E-state index is 12.7. The maximum Gasteiger partial charge on any atom is 0.217 e. The van der Waals surface area contributed by atoms with Crippen LogP contribution in [0.4, 0.5) is 0 Å². The van der Waals surface area contributed by atoms with Gasteiger partial charge in [0.2, 0.25) is 10.0 Å². The summed E-state index contributed by atoms with van der Waals surface area (Å²) in [6.45, 7) is 2.03. The van der Waals surface area contributed by atoms with Crippen molar-refractivity contribution >= 4 is 19.9 Å². The molecule has 1 unspecified atom stereocenters. The lowest BCUT2D eigenvalue weighted by atomic mass is 10.2. The summed E-state index contributed by atoms with van der Waals surface area (Å²) in [7, 11) is -4.56. The molecule has 0 aromatic rings. The minimum Gasteiger partial charge on any atom is -0.329 e. The first-order chi connectivity index (χ1) is 9.26. The molecule has 2 fully saturated rings. The summed E-state index contributed by atoms with van der Waals surface area (Å²) in [4.78, 5) is 2.06. The van der Waals surface area contributed by atoms with E-state index in [1.165, 1.54) is 4.31 Å². The van der Waals surface area contributed by atoms with Gasteiger partial charge in [-0.1, -0.05) is 0 Å². The summed E-state index contributed by atoms with van der Waals surface area (Å²) < 4.78 is 49.7. The highest BCUT2D eigenvalue weighted by Gasteiger charge is 2.40. The number of nitrogens with two attached hydrogens (primary N) is 1. The van der Waals surface area contributed by atoms with Gasteiger partial charge in [-0.3, -0.25) is 0 Å². The molecule has 9 heteroatoms. The van der Waals surface area contributed by atoms with Crippen LogP contribution in [-0.4, -0.2) is 82.1 Å². The third-order valence-corrected chi connectivity index (χ3v) is 8.32. The largest absolute Gasteiger partial charge is 0.329 e. The van der Waals surface area contributed by atoms with Crippen LogP contribution in [0.3, 0.4) is 0 Å². The molecule has 7 nitrogen and oxygen atoms in total. The molecule has 2 rings (SSSR count). The highest BCUT2D eigenvalue weighted by molar-refractivity contribution is 7.92. The third kappa shape index (κ3) is 3.33. The van der Waals surface area contributed by atoms with Gasteiger partial charge in [-0.25, -0.2) is 16.8 Å². The second kappa shape index (κ2) is 5.88. The fourth-order valence-corrected chi connectivity index (χ4v) is 6.79. The molecular weight excluding hydrogens is 302 g/mol. The van der Waals surface area contributed by atoms with E-state index in [1.807, 2.05) is 7.05 Å². The summed E-state index contributed by atoms with van der Waals surface area (Å²) >= 11 is 0. The number of rotatable bonds is 3. The van der Waals surface area contributed by atoms with Gasteiger partial charge in [0, 0.05) is 32.2 Å². The first-order valence-electron chi connectivity index (χ1n) is 6.86. The van der Waals surface area contributed by atoms with Crippen LogP contribution in [0.2, 0.25) is 0 Å². The molecule has 0 aliphatic carbocycles. The van der Waals surface area contributed by atoms with Crippen molar-refractivity contribution in [2.45, 2.75) is 24.1 Å². The molecular formula is C11H23N3O4S2. The molecule has 0 saturated carbocycles. The van der Waals surface area contributed by atoms with E-state index in [0.717, 1.165) is 0 Å². The normalized spacial score (nSPS) is 30.4. The Balaban J connectivity index is 2.13. The van der Waals surface area contributed by atoms with Gasteiger partial charge in [-0.2, -0.15) is 4.31 Å². The van der Waals surface area contributed by atoms with Crippen molar-refractivity contribution in [3.05, 3.63) is 0 Å². The SMILES string of the molecule is CN1CCN(S(=O)(=O)C2CCS(=O)(=O)CC2)C(CN)C1. The quantitative estimate of drug-likeness (QED) is 0.675. The van der Waals surface area contributed by atoms with Gasteiger partial charge >= 0.3 is 0 Å². The molecule has 0 aromatic heterocycles. The predicted octanol–water partition coefficient (Wildman–Crippen LogP) is -1.53. The topological polar surface area (TPSA) is 101 Å². The summed E-state index contributed by atoms with van der Waals surface area (Å²) in [6, 6.07) is -0.211. The second-order valence-corrected chi connectivity index (χ2v) is 10.1. The highest BCUT2D eigenvalue weighted by atomic mass is 32.2. The summed E-state index contributed by atoms with van der Waals surface area (Å²) in [5.41, 5.74) is 5.70. The number of hydrogen-bond acceptors (Lipinski definition) is 6. The van der Waals surface area contributed by atoms with E-state index in [2.05, 4.69) is 4.90 Å². The molecule has 0 spiro atoms. The monoisotopic (exact) mass is 325 g/mol. The lowest BCUT2D eigenvalue weighted by Crippen LogP contribution is -2.58. The number of hydrogen-bond donors (Lipinski definition) is 1. The Hall–Kier alpha value is -0.220. The fraction of sp³-hybridized carbons (Fsp3) is 1.00. The van der Waals surface area contributed by atoms with Crippen LogP contribution in [-0.2, 0) is 19.9 Å². The summed E-state index contributed by atoms with van der Waals surface area (Å²) in [5.74, 6) is -0.0597. The van der Waals surface area contributed by atoms with E-state index < -0.39 is 25.1 Å². The van der Waals surface area contributed by atoms with Gasteiger partial charge < -0.3 is 10.6 Å². The average molecular weight is 325 g/mol. The van der Waals surface area contributed by atoms with Crippen LogP contribution in [0.15, 0.2) is 0 Å². The Kier molecular flexibility index (Phi) is 4.75. The van der Waals surface area contributed by atoms with E-state index >= 15 is 0 Å².